The fourth-order valence-electron chi connectivity index (χ4n) is 4.15. The summed E-state index contributed by atoms with van der Waals surface area (Å²) in [5.74, 6) is 0.896. The maximum atomic E-state index is 4.43. The van der Waals surface area contributed by atoms with Gasteiger partial charge >= 0.3 is 0 Å². The number of guanidine groups is 1. The van der Waals surface area contributed by atoms with Crippen molar-refractivity contribution in [3.05, 3.63) is 78.4 Å². The van der Waals surface area contributed by atoms with Crippen LogP contribution in [0.4, 0.5) is 0 Å². The number of imidazole rings is 1. The van der Waals surface area contributed by atoms with Crippen molar-refractivity contribution in [3.8, 4) is 11.1 Å². The molecule has 0 atom stereocenters. The summed E-state index contributed by atoms with van der Waals surface area (Å²) in [6.45, 7) is 1.59. The average Bonchev–Trinajstić information content (AvgIpc) is 3.31. The van der Waals surface area contributed by atoms with E-state index in [0.717, 1.165) is 19.0 Å². The fourth-order valence-corrected chi connectivity index (χ4v) is 4.15. The van der Waals surface area contributed by atoms with Gasteiger partial charge in [0.15, 0.2) is 5.96 Å². The van der Waals surface area contributed by atoms with Gasteiger partial charge in [-0.2, -0.15) is 0 Å². The van der Waals surface area contributed by atoms with Crippen LogP contribution in [0.1, 0.15) is 43.2 Å². The van der Waals surface area contributed by atoms with Crippen molar-refractivity contribution in [1.82, 2.24) is 20.2 Å². The second kappa shape index (κ2) is 10.1. The maximum Gasteiger partial charge on any atom is 0.191 e. The van der Waals surface area contributed by atoms with Gasteiger partial charge in [-0.05, 0) is 35.1 Å². The van der Waals surface area contributed by atoms with Crippen molar-refractivity contribution >= 4 is 5.96 Å². The van der Waals surface area contributed by atoms with E-state index in [4.69, 9.17) is 0 Å². The molecule has 5 nitrogen and oxygen atoms in total. The molecule has 2 aromatic carbocycles. The van der Waals surface area contributed by atoms with Crippen LogP contribution in [0, 0.1) is 0 Å². The molecule has 1 saturated carbocycles. The van der Waals surface area contributed by atoms with Gasteiger partial charge in [-0.1, -0.05) is 67.8 Å². The van der Waals surface area contributed by atoms with Crippen molar-refractivity contribution in [2.75, 3.05) is 7.05 Å². The molecule has 0 unspecified atom stereocenters. The second-order valence-electron chi connectivity index (χ2n) is 7.99. The van der Waals surface area contributed by atoms with E-state index in [2.05, 4.69) is 73.7 Å². The van der Waals surface area contributed by atoms with Gasteiger partial charge < -0.3 is 15.2 Å². The van der Waals surface area contributed by atoms with Gasteiger partial charge in [-0.15, -0.1) is 0 Å². The van der Waals surface area contributed by atoms with Crippen LogP contribution in [-0.4, -0.2) is 28.6 Å². The summed E-state index contributed by atoms with van der Waals surface area (Å²) in [6, 6.07) is 17.9. The second-order valence-corrected chi connectivity index (χ2v) is 7.99. The lowest BCUT2D eigenvalue weighted by Crippen LogP contribution is -2.43. The predicted octanol–water partition coefficient (Wildman–Crippen LogP) is 4.60. The molecule has 30 heavy (non-hydrogen) atoms. The highest BCUT2D eigenvalue weighted by molar-refractivity contribution is 5.80. The topological polar surface area (TPSA) is 54.2 Å². The summed E-state index contributed by atoms with van der Waals surface area (Å²) in [7, 11) is 1.85. The lowest BCUT2D eigenvalue weighted by Gasteiger charge is -2.25. The zero-order chi connectivity index (χ0) is 20.6. The molecule has 1 aromatic heterocycles. The number of rotatable bonds is 6. The number of nitrogens with one attached hydrogen (secondary N) is 2. The van der Waals surface area contributed by atoms with Crippen LogP contribution in [0.2, 0.25) is 0 Å². The number of nitrogens with zero attached hydrogens (tertiary/aromatic N) is 3. The normalized spacial score (nSPS) is 15.2. The molecule has 4 rings (SSSR count). The Hall–Kier alpha value is -3.08. The zero-order valence-electron chi connectivity index (χ0n) is 17.7. The monoisotopic (exact) mass is 401 g/mol. The number of aliphatic imine (C=N–C) groups is 1. The van der Waals surface area contributed by atoms with Crippen LogP contribution < -0.4 is 10.6 Å². The summed E-state index contributed by atoms with van der Waals surface area (Å²) in [5.41, 5.74) is 5.03. The van der Waals surface area contributed by atoms with Crippen molar-refractivity contribution < 1.29 is 0 Å². The Labute approximate surface area is 179 Å². The van der Waals surface area contributed by atoms with Gasteiger partial charge in [0.25, 0.3) is 0 Å². The van der Waals surface area contributed by atoms with Crippen molar-refractivity contribution in [3.63, 3.8) is 0 Å². The van der Waals surface area contributed by atoms with E-state index in [0.29, 0.717) is 6.04 Å². The van der Waals surface area contributed by atoms with E-state index in [1.807, 2.05) is 25.8 Å². The molecule has 3 aromatic rings. The SMILES string of the molecule is CN=C(NCc1ccccc1-c1ccc(Cn2ccnc2)cc1)NC1CCCCC1. The molecule has 0 aliphatic heterocycles. The first-order valence-corrected chi connectivity index (χ1v) is 10.9. The molecule has 156 valence electrons. The zero-order valence-corrected chi connectivity index (χ0v) is 17.7. The average molecular weight is 402 g/mol. The minimum Gasteiger partial charge on any atom is -0.354 e. The van der Waals surface area contributed by atoms with Gasteiger partial charge in [0.2, 0.25) is 0 Å². The highest BCUT2D eigenvalue weighted by atomic mass is 15.2. The molecule has 0 bridgehead atoms. The molecule has 5 heteroatoms. The van der Waals surface area contributed by atoms with Crippen LogP contribution in [0.3, 0.4) is 0 Å². The first-order chi connectivity index (χ1) is 14.8. The minimum absolute atomic E-state index is 0.545. The van der Waals surface area contributed by atoms with Gasteiger partial charge in [0.1, 0.15) is 0 Å². The first kappa shape index (κ1) is 20.2. The van der Waals surface area contributed by atoms with Crippen molar-refractivity contribution in [1.29, 1.82) is 0 Å². The summed E-state index contributed by atoms with van der Waals surface area (Å²) in [5, 5.41) is 7.11. The molecule has 1 heterocycles. The van der Waals surface area contributed by atoms with Gasteiger partial charge in [-0.25, -0.2) is 4.98 Å². The molecular weight excluding hydrogens is 370 g/mol. The molecule has 0 spiro atoms. The number of hydrogen-bond donors (Lipinski definition) is 2. The van der Waals surface area contributed by atoms with Gasteiger partial charge in [-0.3, -0.25) is 4.99 Å². The first-order valence-electron chi connectivity index (χ1n) is 10.9. The van der Waals surface area contributed by atoms with E-state index in [9.17, 15) is 0 Å². The summed E-state index contributed by atoms with van der Waals surface area (Å²) >= 11 is 0. The largest absolute Gasteiger partial charge is 0.354 e. The molecule has 2 N–H and O–H groups in total. The van der Waals surface area contributed by atoms with E-state index < -0.39 is 0 Å². The fraction of sp³-hybridized carbons (Fsp3) is 0.360. The third-order valence-electron chi connectivity index (χ3n) is 5.82. The van der Waals surface area contributed by atoms with Crippen LogP contribution >= 0.6 is 0 Å². The summed E-state index contributed by atoms with van der Waals surface area (Å²) in [6.07, 6.45) is 12.1. The van der Waals surface area contributed by atoms with Gasteiger partial charge in [0.05, 0.1) is 6.33 Å². The molecule has 1 aliphatic carbocycles. The molecule has 0 amide bonds. The van der Waals surface area contributed by atoms with E-state index >= 15 is 0 Å². The highest BCUT2D eigenvalue weighted by Gasteiger charge is 2.14. The minimum atomic E-state index is 0.545. The number of aromatic nitrogens is 2. The Morgan fingerprint density at radius 3 is 2.60 bits per heavy atom. The van der Waals surface area contributed by atoms with Crippen LogP contribution in [0.15, 0.2) is 72.2 Å². The molecule has 1 fully saturated rings. The number of hydrogen-bond acceptors (Lipinski definition) is 2. The lowest BCUT2D eigenvalue weighted by atomic mass is 9.96. The van der Waals surface area contributed by atoms with Gasteiger partial charge in [0, 0.05) is 38.6 Å². The standard InChI is InChI=1S/C25H31N5/c1-26-25(29-23-8-3-2-4-9-23)28-17-22-7-5-6-10-24(22)21-13-11-20(12-14-21)18-30-16-15-27-19-30/h5-7,10-16,19,23H,2-4,8-9,17-18H2,1H3,(H2,26,28,29). The van der Waals surface area contributed by atoms with Crippen LogP contribution in [0.5, 0.6) is 0 Å². The van der Waals surface area contributed by atoms with Crippen molar-refractivity contribution in [2.24, 2.45) is 4.99 Å². The Bertz CT molecular complexity index is 938. The quantitative estimate of drug-likeness (QED) is 0.469. The Morgan fingerprint density at radius 1 is 1.07 bits per heavy atom. The molecular formula is C25H31N5. The highest BCUT2D eigenvalue weighted by Crippen LogP contribution is 2.24. The molecule has 0 saturated heterocycles. The Kier molecular flexibility index (Phi) is 6.80. The number of benzene rings is 2. The summed E-state index contributed by atoms with van der Waals surface area (Å²) < 4.78 is 2.08. The molecule has 0 radical (unpaired) electrons. The Balaban J connectivity index is 1.41. The van der Waals surface area contributed by atoms with E-state index in [1.54, 1.807) is 0 Å². The Morgan fingerprint density at radius 2 is 1.87 bits per heavy atom. The summed E-state index contributed by atoms with van der Waals surface area (Å²) in [4.78, 5) is 8.55. The smallest absolute Gasteiger partial charge is 0.191 e. The maximum absolute atomic E-state index is 4.43. The molecule has 1 aliphatic rings. The predicted molar refractivity (Wildman–Crippen MR) is 123 cm³/mol. The van der Waals surface area contributed by atoms with E-state index in [-0.39, 0.29) is 0 Å². The third-order valence-corrected chi connectivity index (χ3v) is 5.82. The van der Waals surface area contributed by atoms with Crippen LogP contribution in [-0.2, 0) is 13.1 Å². The van der Waals surface area contributed by atoms with E-state index in [1.165, 1.54) is 54.4 Å². The van der Waals surface area contributed by atoms with Crippen molar-refractivity contribution in [2.45, 2.75) is 51.2 Å². The van der Waals surface area contributed by atoms with Crippen LogP contribution in [0.25, 0.3) is 11.1 Å². The lowest BCUT2D eigenvalue weighted by molar-refractivity contribution is 0.410. The third kappa shape index (κ3) is 5.29.